The van der Waals surface area contributed by atoms with Gasteiger partial charge in [0.15, 0.2) is 5.16 Å². The maximum atomic E-state index is 12.4. The molecule has 5 nitrogen and oxygen atoms in total. The normalized spacial score (nSPS) is 10.5. The van der Waals surface area contributed by atoms with Gasteiger partial charge in [-0.1, -0.05) is 30.0 Å². The van der Waals surface area contributed by atoms with E-state index >= 15 is 0 Å². The average molecular weight is 345 g/mol. The monoisotopic (exact) mass is 345 g/mol. The van der Waals surface area contributed by atoms with Crippen LogP contribution in [0.4, 0.5) is 0 Å². The van der Waals surface area contributed by atoms with Crippen LogP contribution in [0.3, 0.4) is 0 Å². The van der Waals surface area contributed by atoms with Gasteiger partial charge in [-0.05, 0) is 26.0 Å². The molecule has 1 aromatic carbocycles. The van der Waals surface area contributed by atoms with Gasteiger partial charge in [0, 0.05) is 31.5 Å². The fourth-order valence-corrected chi connectivity index (χ4v) is 3.15. The number of carbonyl (C=O) groups is 1. The lowest BCUT2D eigenvalue weighted by atomic mass is 10.3. The van der Waals surface area contributed by atoms with E-state index in [0.717, 1.165) is 22.2 Å². The fourth-order valence-electron chi connectivity index (χ4n) is 2.27. The smallest absolute Gasteiger partial charge is 0.233 e. The molecular weight excluding hydrogens is 322 g/mol. The number of imidazole rings is 1. The number of benzene rings is 1. The van der Waals surface area contributed by atoms with Crippen molar-refractivity contribution in [3.63, 3.8) is 0 Å². The Morgan fingerprint density at radius 1 is 1.46 bits per heavy atom. The molecule has 0 saturated heterocycles. The topological polar surface area (TPSA) is 47.4 Å². The highest BCUT2D eigenvalue weighted by Crippen LogP contribution is 2.23. The van der Waals surface area contributed by atoms with E-state index in [1.807, 2.05) is 48.9 Å². The summed E-state index contributed by atoms with van der Waals surface area (Å²) in [4.78, 5) is 18.5. The van der Waals surface area contributed by atoms with Crippen LogP contribution in [0.25, 0.3) is 5.69 Å². The van der Waals surface area contributed by atoms with E-state index in [-0.39, 0.29) is 5.91 Å². The first-order valence-electron chi connectivity index (χ1n) is 7.78. The molecule has 0 aliphatic carbocycles. The third-order valence-electron chi connectivity index (χ3n) is 3.46. The van der Waals surface area contributed by atoms with E-state index in [4.69, 9.17) is 4.74 Å². The molecule has 2 rings (SSSR count). The van der Waals surface area contributed by atoms with Gasteiger partial charge in [-0.15, -0.1) is 0 Å². The quantitative estimate of drug-likeness (QED) is 0.543. The van der Waals surface area contributed by atoms with Crippen molar-refractivity contribution in [3.8, 4) is 11.4 Å². The summed E-state index contributed by atoms with van der Waals surface area (Å²) in [5.41, 5.74) is 1.93. The number of ether oxygens (including phenoxy) is 1. The van der Waals surface area contributed by atoms with Crippen LogP contribution in [0.5, 0.6) is 5.75 Å². The molecule has 1 amide bonds. The number of hydrogen-bond donors (Lipinski definition) is 0. The number of thioether (sulfide) groups is 1. The zero-order chi connectivity index (χ0) is 17.5. The third-order valence-corrected chi connectivity index (χ3v) is 4.41. The van der Waals surface area contributed by atoms with Gasteiger partial charge in [0.2, 0.25) is 5.91 Å². The first-order chi connectivity index (χ1) is 11.5. The minimum absolute atomic E-state index is 0.0886. The lowest BCUT2D eigenvalue weighted by Gasteiger charge is -2.20. The Balaban J connectivity index is 2.08. The van der Waals surface area contributed by atoms with Crippen molar-refractivity contribution in [2.45, 2.75) is 19.0 Å². The van der Waals surface area contributed by atoms with Crippen LogP contribution >= 0.6 is 11.8 Å². The molecule has 6 heteroatoms. The molecular formula is C18H23N3O2S. The summed E-state index contributed by atoms with van der Waals surface area (Å²) in [6, 6.07) is 7.75. The molecule has 0 atom stereocenters. The van der Waals surface area contributed by atoms with Gasteiger partial charge < -0.3 is 9.64 Å². The molecule has 0 fully saturated rings. The molecule has 0 aliphatic heterocycles. The van der Waals surface area contributed by atoms with Crippen LogP contribution in [0.2, 0.25) is 0 Å². The van der Waals surface area contributed by atoms with Crippen LogP contribution in [0, 0.1) is 0 Å². The highest BCUT2D eigenvalue weighted by Gasteiger charge is 2.14. The Morgan fingerprint density at radius 3 is 2.92 bits per heavy atom. The third kappa shape index (κ3) is 4.64. The highest BCUT2D eigenvalue weighted by atomic mass is 32.2. The SMILES string of the molecule is C=C(C)CN(CC)C(=O)CSc1nccn1-c1cccc(OC)c1. The van der Waals surface area contributed by atoms with Crippen LogP contribution in [0.15, 0.2) is 54.0 Å². The first kappa shape index (κ1) is 18.1. The summed E-state index contributed by atoms with van der Waals surface area (Å²) >= 11 is 1.43. The molecule has 0 unspecified atom stereocenters. The van der Waals surface area contributed by atoms with Gasteiger partial charge in [0.05, 0.1) is 18.6 Å². The van der Waals surface area contributed by atoms with Crippen LogP contribution in [0.1, 0.15) is 13.8 Å². The van der Waals surface area contributed by atoms with E-state index in [1.165, 1.54) is 11.8 Å². The standard InChI is InChI=1S/C18H23N3O2S/c1-5-20(12-14(2)3)17(22)13-24-18-19-9-10-21(18)15-7-6-8-16(11-15)23-4/h6-11H,2,5,12-13H2,1,3-4H3. The molecule has 1 heterocycles. The average Bonchev–Trinajstić information content (AvgIpc) is 3.06. The predicted molar refractivity (Wildman–Crippen MR) is 97.9 cm³/mol. The second-order valence-electron chi connectivity index (χ2n) is 5.43. The van der Waals surface area contributed by atoms with Crippen molar-refractivity contribution in [1.82, 2.24) is 14.5 Å². The minimum atomic E-state index is 0.0886. The highest BCUT2D eigenvalue weighted by molar-refractivity contribution is 7.99. The van der Waals surface area contributed by atoms with Crippen molar-refractivity contribution in [1.29, 1.82) is 0 Å². The van der Waals surface area contributed by atoms with E-state index in [2.05, 4.69) is 11.6 Å². The summed E-state index contributed by atoms with van der Waals surface area (Å²) in [5.74, 6) is 1.22. The van der Waals surface area contributed by atoms with E-state index in [9.17, 15) is 4.79 Å². The van der Waals surface area contributed by atoms with Crippen molar-refractivity contribution in [3.05, 3.63) is 48.8 Å². The van der Waals surface area contributed by atoms with Gasteiger partial charge >= 0.3 is 0 Å². The number of hydrogen-bond acceptors (Lipinski definition) is 4. The zero-order valence-electron chi connectivity index (χ0n) is 14.4. The Labute approximate surface area is 147 Å². The fraction of sp³-hybridized carbons (Fsp3) is 0.333. The lowest BCUT2D eigenvalue weighted by Crippen LogP contribution is -2.33. The Kier molecular flexibility index (Phi) is 6.49. The molecule has 0 N–H and O–H groups in total. The summed E-state index contributed by atoms with van der Waals surface area (Å²) in [7, 11) is 1.64. The second kappa shape index (κ2) is 8.59. The maximum Gasteiger partial charge on any atom is 0.233 e. The molecule has 128 valence electrons. The van der Waals surface area contributed by atoms with E-state index in [0.29, 0.717) is 18.8 Å². The van der Waals surface area contributed by atoms with E-state index in [1.54, 1.807) is 18.2 Å². The molecule has 24 heavy (non-hydrogen) atoms. The van der Waals surface area contributed by atoms with Gasteiger partial charge in [-0.3, -0.25) is 9.36 Å². The van der Waals surface area contributed by atoms with Gasteiger partial charge in [0.25, 0.3) is 0 Å². The molecule has 0 spiro atoms. The van der Waals surface area contributed by atoms with Gasteiger partial charge in [0.1, 0.15) is 5.75 Å². The Hall–Kier alpha value is -2.21. The lowest BCUT2D eigenvalue weighted by molar-refractivity contribution is -0.127. The molecule has 1 aromatic heterocycles. The Bertz CT molecular complexity index is 712. The van der Waals surface area contributed by atoms with Crippen LogP contribution < -0.4 is 4.74 Å². The molecule has 0 bridgehead atoms. The number of amides is 1. The summed E-state index contributed by atoms with van der Waals surface area (Å²) in [6.45, 7) is 9.06. The maximum absolute atomic E-state index is 12.4. The first-order valence-corrected chi connectivity index (χ1v) is 8.76. The molecule has 0 radical (unpaired) electrons. The number of nitrogens with zero attached hydrogens (tertiary/aromatic N) is 3. The zero-order valence-corrected chi connectivity index (χ0v) is 15.2. The van der Waals surface area contributed by atoms with Crippen molar-refractivity contribution >= 4 is 17.7 Å². The van der Waals surface area contributed by atoms with Crippen molar-refractivity contribution < 1.29 is 9.53 Å². The summed E-state index contributed by atoms with van der Waals surface area (Å²) < 4.78 is 7.22. The number of aromatic nitrogens is 2. The van der Waals surface area contributed by atoms with Gasteiger partial charge in [-0.2, -0.15) is 0 Å². The molecule has 0 aliphatic rings. The Morgan fingerprint density at radius 2 is 2.25 bits per heavy atom. The largest absolute Gasteiger partial charge is 0.497 e. The predicted octanol–water partition coefficient (Wildman–Crippen LogP) is 3.40. The molecule has 2 aromatic rings. The minimum Gasteiger partial charge on any atom is -0.497 e. The summed E-state index contributed by atoms with van der Waals surface area (Å²) in [5, 5.41) is 0.781. The molecule has 0 saturated carbocycles. The number of carbonyl (C=O) groups excluding carboxylic acids is 1. The van der Waals surface area contributed by atoms with Crippen LogP contribution in [-0.2, 0) is 4.79 Å². The van der Waals surface area contributed by atoms with Gasteiger partial charge in [-0.25, -0.2) is 4.98 Å². The van der Waals surface area contributed by atoms with Crippen molar-refractivity contribution in [2.24, 2.45) is 0 Å². The summed E-state index contributed by atoms with van der Waals surface area (Å²) in [6.07, 6.45) is 3.62. The number of methoxy groups -OCH3 is 1. The number of rotatable bonds is 8. The second-order valence-corrected chi connectivity index (χ2v) is 6.38. The van der Waals surface area contributed by atoms with Crippen LogP contribution in [-0.4, -0.2) is 46.3 Å². The number of likely N-dealkylation sites (N-methyl/N-ethyl adjacent to an activating group) is 1. The van der Waals surface area contributed by atoms with E-state index < -0.39 is 0 Å². The van der Waals surface area contributed by atoms with Crippen molar-refractivity contribution in [2.75, 3.05) is 26.0 Å².